The third kappa shape index (κ3) is 3.10. The van der Waals surface area contributed by atoms with Crippen molar-refractivity contribution in [2.45, 2.75) is 6.92 Å². The minimum atomic E-state index is -0.511. The van der Waals surface area contributed by atoms with Crippen LogP contribution in [0.4, 0.5) is 15.8 Å². The summed E-state index contributed by atoms with van der Waals surface area (Å²) in [7, 11) is 0. The highest BCUT2D eigenvalue weighted by Crippen LogP contribution is 2.37. The van der Waals surface area contributed by atoms with Gasteiger partial charge in [-0.2, -0.15) is 0 Å². The van der Waals surface area contributed by atoms with Crippen LogP contribution in [0.5, 0.6) is 0 Å². The molecule has 0 aliphatic carbocycles. The standard InChI is InChI=1S/C21H14ClFN2O2S/c1-12-15(22)7-3-8-16(12)25-20(26)18(17-9-4-10-28-17)19(21(25)27)24-14-6-2-5-13(23)11-14/h2-11,24H,1H3. The molecule has 4 nitrogen and oxygen atoms in total. The van der Waals surface area contributed by atoms with Crippen LogP contribution in [-0.4, -0.2) is 11.8 Å². The van der Waals surface area contributed by atoms with E-state index in [0.29, 0.717) is 26.8 Å². The number of nitrogens with one attached hydrogen (secondary N) is 1. The largest absolute Gasteiger partial charge is 0.350 e. The number of hydrogen-bond acceptors (Lipinski definition) is 4. The summed E-state index contributed by atoms with van der Waals surface area (Å²) in [5.74, 6) is -1.40. The summed E-state index contributed by atoms with van der Waals surface area (Å²) >= 11 is 7.54. The summed E-state index contributed by atoms with van der Waals surface area (Å²) in [5.41, 5.74) is 1.80. The molecule has 0 fully saturated rings. The van der Waals surface area contributed by atoms with Gasteiger partial charge in [-0.05, 0) is 54.3 Å². The predicted octanol–water partition coefficient (Wildman–Crippen LogP) is 5.25. The summed E-state index contributed by atoms with van der Waals surface area (Å²) < 4.78 is 13.6. The maximum Gasteiger partial charge on any atom is 0.282 e. The van der Waals surface area contributed by atoms with E-state index in [4.69, 9.17) is 11.6 Å². The fraction of sp³-hybridized carbons (Fsp3) is 0.0476. The van der Waals surface area contributed by atoms with Crippen molar-refractivity contribution in [1.29, 1.82) is 0 Å². The van der Waals surface area contributed by atoms with Gasteiger partial charge < -0.3 is 5.32 Å². The number of thiophene rings is 1. The number of carbonyl (C=O) groups is 2. The number of benzene rings is 2. The molecule has 2 aromatic carbocycles. The smallest absolute Gasteiger partial charge is 0.282 e. The Morgan fingerprint density at radius 3 is 2.54 bits per heavy atom. The number of amides is 2. The molecule has 3 aromatic rings. The molecule has 28 heavy (non-hydrogen) atoms. The van der Waals surface area contributed by atoms with Gasteiger partial charge in [-0.25, -0.2) is 9.29 Å². The van der Waals surface area contributed by atoms with E-state index in [1.165, 1.54) is 29.5 Å². The average Bonchev–Trinajstić information content (AvgIpc) is 3.26. The number of nitrogens with zero attached hydrogens (tertiary/aromatic N) is 1. The second-order valence-corrected chi connectivity index (χ2v) is 7.55. The SMILES string of the molecule is Cc1c(Cl)cccc1N1C(=O)C(Nc2cccc(F)c2)=C(c2cccs2)C1=O. The Morgan fingerprint density at radius 1 is 1.04 bits per heavy atom. The first-order valence-electron chi connectivity index (χ1n) is 8.42. The second kappa shape index (κ2) is 7.22. The lowest BCUT2D eigenvalue weighted by atomic mass is 10.1. The molecule has 7 heteroatoms. The minimum Gasteiger partial charge on any atom is -0.350 e. The van der Waals surface area contributed by atoms with E-state index in [1.807, 2.05) is 5.38 Å². The van der Waals surface area contributed by atoms with Crippen molar-refractivity contribution in [3.63, 3.8) is 0 Å². The van der Waals surface area contributed by atoms with E-state index in [-0.39, 0.29) is 11.3 Å². The normalized spacial score (nSPS) is 14.2. The van der Waals surface area contributed by atoms with Gasteiger partial charge in [-0.3, -0.25) is 9.59 Å². The zero-order valence-electron chi connectivity index (χ0n) is 14.7. The van der Waals surface area contributed by atoms with Gasteiger partial charge in [0.25, 0.3) is 11.8 Å². The maximum atomic E-state index is 13.6. The van der Waals surface area contributed by atoms with Gasteiger partial charge in [-0.1, -0.05) is 29.8 Å². The fourth-order valence-electron chi connectivity index (χ4n) is 3.06. The van der Waals surface area contributed by atoms with Gasteiger partial charge >= 0.3 is 0 Å². The molecular weight excluding hydrogens is 399 g/mol. The Kier molecular flexibility index (Phi) is 4.75. The lowest BCUT2D eigenvalue weighted by Gasteiger charge is -2.18. The molecule has 0 atom stereocenters. The Bertz CT molecular complexity index is 1130. The third-order valence-electron chi connectivity index (χ3n) is 4.43. The number of hydrogen-bond donors (Lipinski definition) is 1. The van der Waals surface area contributed by atoms with Gasteiger partial charge in [0.15, 0.2) is 0 Å². The number of carbonyl (C=O) groups excluding carboxylic acids is 2. The molecular formula is C21H14ClFN2O2S. The highest BCUT2D eigenvalue weighted by atomic mass is 35.5. The number of halogens is 2. The van der Waals surface area contributed by atoms with Crippen molar-refractivity contribution < 1.29 is 14.0 Å². The van der Waals surface area contributed by atoms with Crippen LogP contribution >= 0.6 is 22.9 Å². The van der Waals surface area contributed by atoms with Crippen molar-refractivity contribution in [2.75, 3.05) is 10.2 Å². The van der Waals surface area contributed by atoms with Crippen LogP contribution in [0.2, 0.25) is 5.02 Å². The zero-order chi connectivity index (χ0) is 19.8. The van der Waals surface area contributed by atoms with Crippen molar-refractivity contribution in [3.8, 4) is 0 Å². The molecule has 1 aromatic heterocycles. The summed E-state index contributed by atoms with van der Waals surface area (Å²) in [4.78, 5) is 28.2. The van der Waals surface area contributed by atoms with Gasteiger partial charge in [0.2, 0.25) is 0 Å². The molecule has 2 heterocycles. The van der Waals surface area contributed by atoms with Gasteiger partial charge in [0, 0.05) is 15.6 Å². The number of anilines is 2. The number of imide groups is 1. The molecule has 2 amide bonds. The van der Waals surface area contributed by atoms with E-state index in [9.17, 15) is 14.0 Å². The molecule has 1 aliphatic rings. The second-order valence-electron chi connectivity index (χ2n) is 6.19. The summed E-state index contributed by atoms with van der Waals surface area (Å²) in [6.07, 6.45) is 0. The molecule has 1 aliphatic heterocycles. The monoisotopic (exact) mass is 412 g/mol. The molecule has 140 valence electrons. The maximum absolute atomic E-state index is 13.6. The zero-order valence-corrected chi connectivity index (χ0v) is 16.3. The molecule has 4 rings (SSSR count). The Balaban J connectivity index is 1.83. The first kappa shape index (κ1) is 18.4. The first-order valence-corrected chi connectivity index (χ1v) is 9.68. The minimum absolute atomic E-state index is 0.109. The molecule has 0 saturated carbocycles. The lowest BCUT2D eigenvalue weighted by molar-refractivity contribution is -0.120. The van der Waals surface area contributed by atoms with E-state index in [0.717, 1.165) is 4.90 Å². The summed E-state index contributed by atoms with van der Waals surface area (Å²) in [6.45, 7) is 1.75. The Labute approximate surface area is 169 Å². The molecule has 0 bridgehead atoms. The van der Waals surface area contributed by atoms with Gasteiger partial charge in [0.1, 0.15) is 11.5 Å². The highest BCUT2D eigenvalue weighted by Gasteiger charge is 2.41. The first-order chi connectivity index (χ1) is 13.5. The van der Waals surface area contributed by atoms with Crippen molar-refractivity contribution >= 4 is 51.7 Å². The molecule has 1 N–H and O–H groups in total. The van der Waals surface area contributed by atoms with Crippen LogP contribution in [0, 0.1) is 12.7 Å². The van der Waals surface area contributed by atoms with Gasteiger partial charge in [0.05, 0.1) is 11.3 Å². The van der Waals surface area contributed by atoms with Crippen molar-refractivity contribution in [2.24, 2.45) is 0 Å². The van der Waals surface area contributed by atoms with E-state index < -0.39 is 17.6 Å². The quantitative estimate of drug-likeness (QED) is 0.596. The average molecular weight is 413 g/mol. The van der Waals surface area contributed by atoms with E-state index in [2.05, 4.69) is 5.32 Å². The molecule has 0 saturated heterocycles. The van der Waals surface area contributed by atoms with E-state index in [1.54, 1.807) is 43.3 Å². The van der Waals surface area contributed by atoms with Gasteiger partial charge in [-0.15, -0.1) is 11.3 Å². The number of rotatable bonds is 4. The van der Waals surface area contributed by atoms with Crippen LogP contribution in [0.1, 0.15) is 10.4 Å². The van der Waals surface area contributed by atoms with Crippen molar-refractivity contribution in [3.05, 3.63) is 87.0 Å². The van der Waals surface area contributed by atoms with E-state index >= 15 is 0 Å². The van der Waals surface area contributed by atoms with Crippen LogP contribution in [0.25, 0.3) is 5.57 Å². The molecule has 0 unspecified atom stereocenters. The summed E-state index contributed by atoms with van der Waals surface area (Å²) in [5, 5.41) is 5.22. The van der Waals surface area contributed by atoms with Crippen LogP contribution in [0.3, 0.4) is 0 Å². The molecule has 0 spiro atoms. The fourth-order valence-corrected chi connectivity index (χ4v) is 4.00. The van der Waals surface area contributed by atoms with Crippen LogP contribution in [0.15, 0.2) is 65.7 Å². The summed E-state index contributed by atoms with van der Waals surface area (Å²) in [6, 6.07) is 14.4. The third-order valence-corrected chi connectivity index (χ3v) is 5.72. The van der Waals surface area contributed by atoms with Crippen molar-refractivity contribution in [1.82, 2.24) is 0 Å². The predicted molar refractivity (Wildman–Crippen MR) is 110 cm³/mol. The Morgan fingerprint density at radius 2 is 1.82 bits per heavy atom. The Hall–Kier alpha value is -2.96. The highest BCUT2D eigenvalue weighted by molar-refractivity contribution is 7.11. The topological polar surface area (TPSA) is 49.4 Å². The lowest BCUT2D eigenvalue weighted by Crippen LogP contribution is -2.33. The molecule has 0 radical (unpaired) electrons. The van der Waals surface area contributed by atoms with Crippen LogP contribution in [-0.2, 0) is 9.59 Å². The van der Waals surface area contributed by atoms with Crippen LogP contribution < -0.4 is 10.2 Å².